The molecule has 1 fully saturated rings. The minimum absolute atomic E-state index is 0.277. The van der Waals surface area contributed by atoms with Gasteiger partial charge in [-0.2, -0.15) is 0 Å². The van der Waals surface area contributed by atoms with E-state index in [4.69, 9.17) is 4.74 Å². The Morgan fingerprint density at radius 2 is 1.61 bits per heavy atom. The maximum Gasteiger partial charge on any atom is 0.343 e. The molecule has 0 radical (unpaired) electrons. The maximum atomic E-state index is 12.6. The Morgan fingerprint density at radius 1 is 0.903 bits per heavy atom. The molecule has 1 aliphatic rings. The summed E-state index contributed by atoms with van der Waals surface area (Å²) in [6.45, 7) is 6.88. The van der Waals surface area contributed by atoms with Crippen molar-refractivity contribution >= 4 is 5.97 Å². The second-order valence-electron chi connectivity index (χ2n) is 9.52. The van der Waals surface area contributed by atoms with E-state index in [0.29, 0.717) is 23.1 Å². The van der Waals surface area contributed by atoms with Crippen molar-refractivity contribution in [3.8, 4) is 5.75 Å². The third-order valence-electron chi connectivity index (χ3n) is 7.02. The number of unbranched alkanes of at least 4 members (excludes halogenated alkanes) is 3. The molecule has 1 saturated carbocycles. The summed E-state index contributed by atoms with van der Waals surface area (Å²) in [5.41, 5.74) is 3.29. The molecule has 0 N–H and O–H groups in total. The van der Waals surface area contributed by atoms with Crippen LogP contribution in [0.3, 0.4) is 0 Å². The topological polar surface area (TPSA) is 26.3 Å². The molecule has 2 aromatic rings. The first-order valence-electron chi connectivity index (χ1n) is 12.5. The molecule has 0 spiro atoms. The van der Waals surface area contributed by atoms with E-state index in [0.717, 1.165) is 12.3 Å². The molecule has 3 atom stereocenters. The number of benzene rings is 2. The molecule has 0 bridgehead atoms. The maximum absolute atomic E-state index is 12.6. The summed E-state index contributed by atoms with van der Waals surface area (Å²) >= 11 is 0. The second kappa shape index (κ2) is 12.1. The van der Waals surface area contributed by atoms with Crippen molar-refractivity contribution in [3.05, 3.63) is 65.2 Å². The molecule has 0 saturated heterocycles. The molecule has 0 heterocycles. The second-order valence-corrected chi connectivity index (χ2v) is 9.52. The number of rotatable bonds is 10. The van der Waals surface area contributed by atoms with Crippen molar-refractivity contribution in [1.29, 1.82) is 0 Å². The molecule has 2 heteroatoms. The molecule has 0 aromatic heterocycles. The van der Waals surface area contributed by atoms with Gasteiger partial charge in [0.25, 0.3) is 0 Å². The molecule has 1 aliphatic carbocycles. The standard InChI is InChI=1S/C29H40O2/c1-4-6-8-10-24-13-20-28(22(3)21-24)25-14-16-26(17-15-25)29(30)31-27-18-11-23(12-19-27)9-7-5-2/h11-12,14-19,22,24,28H,4-10,13,20-21H2,1-3H3. The fourth-order valence-electron chi connectivity index (χ4n) is 5.09. The fourth-order valence-corrected chi connectivity index (χ4v) is 5.09. The molecular formula is C29H40O2. The van der Waals surface area contributed by atoms with Crippen molar-refractivity contribution in [3.63, 3.8) is 0 Å². The Bertz CT molecular complexity index is 790. The SMILES string of the molecule is CCCCCC1CCC(c2ccc(C(=O)Oc3ccc(CCCC)cc3)cc2)C(C)C1. The van der Waals surface area contributed by atoms with Crippen molar-refractivity contribution in [1.82, 2.24) is 0 Å². The molecular weight excluding hydrogens is 380 g/mol. The van der Waals surface area contributed by atoms with Gasteiger partial charge in [0, 0.05) is 0 Å². The lowest BCUT2D eigenvalue weighted by Crippen LogP contribution is -2.21. The van der Waals surface area contributed by atoms with Crippen LogP contribution in [0, 0.1) is 11.8 Å². The van der Waals surface area contributed by atoms with Crippen LogP contribution in [0.15, 0.2) is 48.5 Å². The van der Waals surface area contributed by atoms with Gasteiger partial charge in [0.05, 0.1) is 5.56 Å². The number of aryl methyl sites for hydroxylation is 1. The largest absolute Gasteiger partial charge is 0.423 e. The lowest BCUT2D eigenvalue weighted by atomic mass is 9.71. The normalized spacial score (nSPS) is 21.1. The van der Waals surface area contributed by atoms with Gasteiger partial charge in [-0.1, -0.05) is 77.1 Å². The summed E-state index contributed by atoms with van der Waals surface area (Å²) in [5.74, 6) is 2.57. The Kier molecular flexibility index (Phi) is 9.18. The number of hydrogen-bond acceptors (Lipinski definition) is 2. The number of esters is 1. The number of carbonyl (C=O) groups is 1. The fraction of sp³-hybridized carbons (Fsp3) is 0.552. The predicted octanol–water partition coefficient (Wildman–Crippen LogP) is 8.35. The van der Waals surface area contributed by atoms with Gasteiger partial charge in [0.1, 0.15) is 5.75 Å². The van der Waals surface area contributed by atoms with Gasteiger partial charge >= 0.3 is 5.97 Å². The Labute approximate surface area is 189 Å². The summed E-state index contributed by atoms with van der Waals surface area (Å²) in [5, 5.41) is 0. The minimum atomic E-state index is -0.277. The smallest absolute Gasteiger partial charge is 0.343 e. The van der Waals surface area contributed by atoms with Crippen LogP contribution in [0.25, 0.3) is 0 Å². The molecule has 3 unspecified atom stereocenters. The Balaban J connectivity index is 1.53. The zero-order valence-electron chi connectivity index (χ0n) is 19.7. The lowest BCUT2D eigenvalue weighted by Gasteiger charge is -2.34. The van der Waals surface area contributed by atoms with Crippen LogP contribution in [-0.2, 0) is 6.42 Å². The molecule has 31 heavy (non-hydrogen) atoms. The van der Waals surface area contributed by atoms with Crippen molar-refractivity contribution in [2.45, 2.75) is 90.9 Å². The monoisotopic (exact) mass is 420 g/mol. The first-order chi connectivity index (χ1) is 15.1. The van der Waals surface area contributed by atoms with Gasteiger partial charge in [0.2, 0.25) is 0 Å². The molecule has 168 valence electrons. The van der Waals surface area contributed by atoms with Gasteiger partial charge in [0.15, 0.2) is 0 Å². The van der Waals surface area contributed by atoms with E-state index < -0.39 is 0 Å². The number of hydrogen-bond donors (Lipinski definition) is 0. The van der Waals surface area contributed by atoms with Gasteiger partial charge in [-0.25, -0.2) is 4.79 Å². The van der Waals surface area contributed by atoms with E-state index in [1.54, 1.807) is 0 Å². The van der Waals surface area contributed by atoms with Gasteiger partial charge in [-0.05, 0) is 85.3 Å². The minimum Gasteiger partial charge on any atom is -0.423 e. The van der Waals surface area contributed by atoms with Crippen molar-refractivity contribution < 1.29 is 9.53 Å². The third-order valence-corrected chi connectivity index (χ3v) is 7.02. The van der Waals surface area contributed by atoms with Crippen LogP contribution in [0.4, 0.5) is 0 Å². The van der Waals surface area contributed by atoms with E-state index in [1.165, 1.54) is 68.9 Å². The van der Waals surface area contributed by atoms with Gasteiger partial charge in [-0.3, -0.25) is 0 Å². The summed E-state index contributed by atoms with van der Waals surface area (Å²) in [6, 6.07) is 16.1. The zero-order valence-corrected chi connectivity index (χ0v) is 19.7. The lowest BCUT2D eigenvalue weighted by molar-refractivity contribution is 0.0734. The van der Waals surface area contributed by atoms with E-state index in [2.05, 4.69) is 45.0 Å². The first-order valence-corrected chi connectivity index (χ1v) is 12.5. The molecule has 2 nitrogen and oxygen atoms in total. The Morgan fingerprint density at radius 3 is 2.26 bits per heavy atom. The molecule has 0 aliphatic heterocycles. The van der Waals surface area contributed by atoms with Crippen LogP contribution in [-0.4, -0.2) is 5.97 Å². The zero-order chi connectivity index (χ0) is 22.1. The highest BCUT2D eigenvalue weighted by atomic mass is 16.5. The van der Waals surface area contributed by atoms with E-state index in [-0.39, 0.29) is 5.97 Å². The van der Waals surface area contributed by atoms with Crippen molar-refractivity contribution in [2.75, 3.05) is 0 Å². The summed E-state index contributed by atoms with van der Waals surface area (Å²) < 4.78 is 5.59. The predicted molar refractivity (Wildman–Crippen MR) is 130 cm³/mol. The summed E-state index contributed by atoms with van der Waals surface area (Å²) in [6.07, 6.45) is 12.9. The number of carbonyl (C=O) groups excluding carboxylic acids is 1. The molecule has 0 amide bonds. The quantitative estimate of drug-likeness (QED) is 0.219. The summed E-state index contributed by atoms with van der Waals surface area (Å²) in [7, 11) is 0. The first kappa shape index (κ1) is 23.6. The number of ether oxygens (including phenoxy) is 1. The average Bonchev–Trinajstić information content (AvgIpc) is 2.79. The van der Waals surface area contributed by atoms with Gasteiger partial charge in [-0.15, -0.1) is 0 Å². The highest BCUT2D eigenvalue weighted by Gasteiger charge is 2.28. The highest BCUT2D eigenvalue weighted by Crippen LogP contribution is 2.41. The summed E-state index contributed by atoms with van der Waals surface area (Å²) in [4.78, 5) is 12.6. The molecule has 2 aromatic carbocycles. The van der Waals surface area contributed by atoms with Crippen LogP contribution < -0.4 is 4.74 Å². The third kappa shape index (κ3) is 6.95. The van der Waals surface area contributed by atoms with Gasteiger partial charge < -0.3 is 4.74 Å². The molecule has 3 rings (SSSR count). The Hall–Kier alpha value is -2.09. The van der Waals surface area contributed by atoms with E-state index in [1.807, 2.05) is 24.3 Å². The van der Waals surface area contributed by atoms with Crippen molar-refractivity contribution in [2.24, 2.45) is 11.8 Å². The average molecular weight is 421 g/mol. The highest BCUT2D eigenvalue weighted by molar-refractivity contribution is 5.91. The van der Waals surface area contributed by atoms with Crippen LogP contribution in [0.1, 0.15) is 106 Å². The van der Waals surface area contributed by atoms with Crippen LogP contribution in [0.5, 0.6) is 5.75 Å². The van der Waals surface area contributed by atoms with Crippen LogP contribution >= 0.6 is 0 Å². The van der Waals surface area contributed by atoms with E-state index in [9.17, 15) is 4.79 Å². The van der Waals surface area contributed by atoms with Crippen LogP contribution in [0.2, 0.25) is 0 Å². The van der Waals surface area contributed by atoms with E-state index >= 15 is 0 Å².